The summed E-state index contributed by atoms with van der Waals surface area (Å²) in [6.45, 7) is 8.42. The van der Waals surface area contributed by atoms with Gasteiger partial charge in [0.05, 0.1) is 6.54 Å². The van der Waals surface area contributed by atoms with E-state index in [4.69, 9.17) is 0 Å². The number of aliphatic imine (C=N–C) groups is 1. The summed E-state index contributed by atoms with van der Waals surface area (Å²) in [5.74, 6) is 0.997. The summed E-state index contributed by atoms with van der Waals surface area (Å²) < 4.78 is 1.82. The van der Waals surface area contributed by atoms with E-state index in [1.807, 2.05) is 11.7 Å². The molecular formula is C13H25IN6. The van der Waals surface area contributed by atoms with E-state index in [0.717, 1.165) is 32.1 Å². The van der Waals surface area contributed by atoms with Crippen LogP contribution in [0.4, 0.5) is 0 Å². The normalized spacial score (nSPS) is 22.8. The van der Waals surface area contributed by atoms with Crippen LogP contribution in [0.5, 0.6) is 0 Å². The highest BCUT2D eigenvalue weighted by Crippen LogP contribution is 2.32. The van der Waals surface area contributed by atoms with Crippen molar-refractivity contribution in [1.29, 1.82) is 0 Å². The van der Waals surface area contributed by atoms with Crippen LogP contribution >= 0.6 is 24.0 Å². The van der Waals surface area contributed by atoms with Crippen molar-refractivity contribution in [3.8, 4) is 0 Å². The van der Waals surface area contributed by atoms with Gasteiger partial charge in [0, 0.05) is 26.7 Å². The third kappa shape index (κ3) is 4.32. The van der Waals surface area contributed by atoms with Gasteiger partial charge in [-0.25, -0.2) is 4.98 Å². The number of hydrogen-bond acceptors (Lipinski definition) is 3. The average Bonchev–Trinajstić information content (AvgIpc) is 3.05. The van der Waals surface area contributed by atoms with E-state index in [-0.39, 0.29) is 24.0 Å². The first-order valence-corrected chi connectivity index (χ1v) is 6.95. The van der Waals surface area contributed by atoms with Crippen molar-refractivity contribution in [1.82, 2.24) is 25.0 Å². The fraction of sp³-hybridized carbons (Fsp3) is 0.769. The zero-order chi connectivity index (χ0) is 13.7. The lowest BCUT2D eigenvalue weighted by Gasteiger charge is -2.25. The minimum Gasteiger partial charge on any atom is -0.354 e. The Labute approximate surface area is 138 Å². The molecule has 1 aliphatic rings. The second-order valence-electron chi connectivity index (χ2n) is 5.47. The average molecular weight is 392 g/mol. The van der Waals surface area contributed by atoms with Gasteiger partial charge in [0.2, 0.25) is 0 Å². The second kappa shape index (κ2) is 7.80. The molecule has 1 atom stereocenters. The Morgan fingerprint density at radius 3 is 2.85 bits per heavy atom. The molecular weight excluding hydrogens is 367 g/mol. The third-order valence-electron chi connectivity index (χ3n) is 4.01. The minimum absolute atomic E-state index is 0. The first-order chi connectivity index (χ1) is 9.17. The minimum atomic E-state index is 0. The van der Waals surface area contributed by atoms with E-state index in [1.54, 1.807) is 12.7 Å². The van der Waals surface area contributed by atoms with Gasteiger partial charge in [-0.1, -0.05) is 13.8 Å². The number of guanidine groups is 1. The monoisotopic (exact) mass is 392 g/mol. The van der Waals surface area contributed by atoms with E-state index in [2.05, 4.69) is 39.1 Å². The molecule has 0 saturated carbocycles. The Balaban J connectivity index is 0.00000200. The summed E-state index contributed by atoms with van der Waals surface area (Å²) in [7, 11) is 1.85. The lowest BCUT2D eigenvalue weighted by Crippen LogP contribution is -2.42. The van der Waals surface area contributed by atoms with Crippen LogP contribution < -0.4 is 5.32 Å². The van der Waals surface area contributed by atoms with Gasteiger partial charge in [0.1, 0.15) is 12.7 Å². The summed E-state index contributed by atoms with van der Waals surface area (Å²) >= 11 is 0. The molecule has 1 fully saturated rings. The van der Waals surface area contributed by atoms with Crippen molar-refractivity contribution < 1.29 is 0 Å². The highest BCUT2D eigenvalue weighted by Gasteiger charge is 2.33. The molecule has 114 valence electrons. The van der Waals surface area contributed by atoms with Crippen molar-refractivity contribution in [2.24, 2.45) is 10.4 Å². The molecule has 0 radical (unpaired) electrons. The van der Waals surface area contributed by atoms with E-state index in [9.17, 15) is 0 Å². The summed E-state index contributed by atoms with van der Waals surface area (Å²) in [4.78, 5) is 10.7. The Morgan fingerprint density at radius 2 is 2.30 bits per heavy atom. The molecule has 20 heavy (non-hydrogen) atoms. The summed E-state index contributed by atoms with van der Waals surface area (Å²) in [6, 6.07) is 0. The molecule has 1 N–H and O–H groups in total. The fourth-order valence-corrected chi connectivity index (χ4v) is 2.46. The van der Waals surface area contributed by atoms with Gasteiger partial charge in [-0.3, -0.25) is 9.67 Å². The molecule has 1 aromatic heterocycles. The molecule has 1 saturated heterocycles. The van der Waals surface area contributed by atoms with Gasteiger partial charge in [-0.2, -0.15) is 5.10 Å². The summed E-state index contributed by atoms with van der Waals surface area (Å²) in [5.41, 5.74) is 0.434. The van der Waals surface area contributed by atoms with Gasteiger partial charge in [-0.15, -0.1) is 24.0 Å². The molecule has 0 spiro atoms. The third-order valence-corrected chi connectivity index (χ3v) is 4.01. The lowest BCUT2D eigenvalue weighted by atomic mass is 9.87. The summed E-state index contributed by atoms with van der Waals surface area (Å²) in [6.07, 6.45) is 5.75. The predicted octanol–water partition coefficient (Wildman–Crippen LogP) is 1.59. The van der Waals surface area contributed by atoms with E-state index >= 15 is 0 Å². The van der Waals surface area contributed by atoms with Crippen LogP contribution in [0.3, 0.4) is 0 Å². The zero-order valence-electron chi connectivity index (χ0n) is 12.5. The zero-order valence-corrected chi connectivity index (χ0v) is 14.9. The second-order valence-corrected chi connectivity index (χ2v) is 5.47. The summed E-state index contributed by atoms with van der Waals surface area (Å²) in [5, 5.41) is 7.48. The number of nitrogens with one attached hydrogen (secondary N) is 1. The predicted molar refractivity (Wildman–Crippen MR) is 91.4 cm³/mol. The topological polar surface area (TPSA) is 58.3 Å². The molecule has 0 aromatic carbocycles. The number of nitrogens with zero attached hydrogens (tertiary/aromatic N) is 5. The maximum atomic E-state index is 4.37. The van der Waals surface area contributed by atoms with E-state index in [0.29, 0.717) is 5.41 Å². The van der Waals surface area contributed by atoms with Gasteiger partial charge in [0.25, 0.3) is 0 Å². The van der Waals surface area contributed by atoms with Crippen molar-refractivity contribution in [3.63, 3.8) is 0 Å². The van der Waals surface area contributed by atoms with Gasteiger partial charge in [0.15, 0.2) is 5.96 Å². The Morgan fingerprint density at radius 1 is 1.50 bits per heavy atom. The Kier molecular flexibility index (Phi) is 6.70. The molecule has 2 rings (SSSR count). The number of hydrogen-bond donors (Lipinski definition) is 1. The van der Waals surface area contributed by atoms with Crippen LogP contribution in [0.15, 0.2) is 17.6 Å². The van der Waals surface area contributed by atoms with Crippen molar-refractivity contribution in [3.05, 3.63) is 12.7 Å². The highest BCUT2D eigenvalue weighted by molar-refractivity contribution is 14.0. The molecule has 0 amide bonds. The Hall–Kier alpha value is -0.860. The lowest BCUT2D eigenvalue weighted by molar-refractivity contribution is 0.322. The van der Waals surface area contributed by atoms with E-state index < -0.39 is 0 Å². The molecule has 1 aromatic rings. The van der Waals surface area contributed by atoms with Crippen molar-refractivity contribution >= 4 is 29.9 Å². The van der Waals surface area contributed by atoms with Gasteiger partial charge < -0.3 is 10.2 Å². The first kappa shape index (κ1) is 17.2. The largest absolute Gasteiger partial charge is 0.354 e. The highest BCUT2D eigenvalue weighted by atomic mass is 127. The van der Waals surface area contributed by atoms with Crippen LogP contribution in [-0.2, 0) is 6.54 Å². The molecule has 0 bridgehead atoms. The number of rotatable bonds is 4. The Bertz CT molecular complexity index is 419. The molecule has 1 aliphatic heterocycles. The SMILES string of the molecule is CCC1(C)CCN(C(=NC)NCCn2cncn2)C1.I. The van der Waals surface area contributed by atoms with Crippen molar-refractivity contribution in [2.45, 2.75) is 33.2 Å². The molecule has 1 unspecified atom stereocenters. The van der Waals surface area contributed by atoms with Gasteiger partial charge in [-0.05, 0) is 18.3 Å². The number of halogens is 1. The first-order valence-electron chi connectivity index (χ1n) is 6.95. The maximum absolute atomic E-state index is 4.37. The molecule has 2 heterocycles. The number of likely N-dealkylation sites (tertiary alicyclic amines) is 1. The van der Waals surface area contributed by atoms with Crippen LogP contribution in [-0.4, -0.2) is 52.3 Å². The van der Waals surface area contributed by atoms with Crippen LogP contribution in [0.25, 0.3) is 0 Å². The van der Waals surface area contributed by atoms with Crippen LogP contribution in [0, 0.1) is 5.41 Å². The standard InChI is InChI=1S/C13H24N6.HI/c1-4-13(2)5-7-18(9-13)12(14-3)16-6-8-19-11-15-10-17-19;/h10-11H,4-9H2,1-3H3,(H,14,16);1H. The van der Waals surface area contributed by atoms with Crippen LogP contribution in [0.1, 0.15) is 26.7 Å². The van der Waals surface area contributed by atoms with Crippen LogP contribution in [0.2, 0.25) is 0 Å². The van der Waals surface area contributed by atoms with E-state index in [1.165, 1.54) is 12.8 Å². The van der Waals surface area contributed by atoms with Gasteiger partial charge >= 0.3 is 0 Å². The molecule has 7 heteroatoms. The maximum Gasteiger partial charge on any atom is 0.193 e. The van der Waals surface area contributed by atoms with Crippen molar-refractivity contribution in [2.75, 3.05) is 26.7 Å². The smallest absolute Gasteiger partial charge is 0.193 e. The molecule has 6 nitrogen and oxygen atoms in total. The quantitative estimate of drug-likeness (QED) is 0.481. The molecule has 0 aliphatic carbocycles. The number of aromatic nitrogens is 3. The fourth-order valence-electron chi connectivity index (χ4n) is 2.46.